The predicted molar refractivity (Wildman–Crippen MR) is 83.8 cm³/mol. The number of ether oxygens (including phenoxy) is 1. The van der Waals surface area contributed by atoms with Gasteiger partial charge in [0.05, 0.1) is 23.9 Å². The summed E-state index contributed by atoms with van der Waals surface area (Å²) in [5, 5.41) is 22.4. The van der Waals surface area contributed by atoms with Crippen molar-refractivity contribution in [2.45, 2.75) is 44.7 Å². The number of rotatable bonds is 7. The Morgan fingerprint density at radius 1 is 1.52 bits per heavy atom. The van der Waals surface area contributed by atoms with Crippen LogP contribution in [0.3, 0.4) is 0 Å². The lowest BCUT2D eigenvalue weighted by Gasteiger charge is -2.16. The smallest absolute Gasteiger partial charge is 0.128 e. The van der Waals surface area contributed by atoms with E-state index in [4.69, 9.17) is 20.9 Å². The molecule has 2 aromatic rings. The average Bonchev–Trinajstić information content (AvgIpc) is 3.20. The van der Waals surface area contributed by atoms with Crippen molar-refractivity contribution >= 4 is 11.6 Å². The summed E-state index contributed by atoms with van der Waals surface area (Å²) in [6, 6.07) is 0.0522. The van der Waals surface area contributed by atoms with Crippen molar-refractivity contribution in [2.75, 3.05) is 7.11 Å². The van der Waals surface area contributed by atoms with Gasteiger partial charge in [0.25, 0.3) is 0 Å². The third-order valence-corrected chi connectivity index (χ3v) is 4.43. The van der Waals surface area contributed by atoms with Crippen molar-refractivity contribution in [2.24, 2.45) is 5.92 Å². The molecule has 0 amide bonds. The summed E-state index contributed by atoms with van der Waals surface area (Å²) in [4.78, 5) is 0. The summed E-state index contributed by atoms with van der Waals surface area (Å²) in [6.45, 7) is 1.79. The van der Waals surface area contributed by atoms with Crippen molar-refractivity contribution in [1.29, 1.82) is 0 Å². The minimum atomic E-state index is -0.364. The van der Waals surface area contributed by atoms with Crippen LogP contribution < -0.4 is 5.32 Å². The highest BCUT2D eigenvalue weighted by Gasteiger charge is 2.33. The van der Waals surface area contributed by atoms with E-state index in [0.29, 0.717) is 24.1 Å². The third kappa shape index (κ3) is 4.11. The zero-order chi connectivity index (χ0) is 16.2. The average molecular weight is 341 g/mol. The quantitative estimate of drug-likeness (QED) is 0.796. The molecule has 2 aromatic heterocycles. The number of aliphatic hydroxyl groups excluding tert-OH is 1. The molecule has 23 heavy (non-hydrogen) atoms. The van der Waals surface area contributed by atoms with E-state index in [1.165, 1.54) is 0 Å². The molecule has 0 saturated heterocycles. The number of nitrogens with zero attached hydrogens (tertiary/aromatic N) is 3. The second-order valence-electron chi connectivity index (χ2n) is 5.99. The zero-order valence-corrected chi connectivity index (χ0v) is 13.7. The molecule has 0 spiro atoms. The van der Waals surface area contributed by atoms with Gasteiger partial charge in [-0.3, -0.25) is 4.68 Å². The van der Waals surface area contributed by atoms with Gasteiger partial charge in [-0.25, -0.2) is 0 Å². The number of aromatic nitrogens is 3. The first-order valence-corrected chi connectivity index (χ1v) is 8.04. The number of halogens is 1. The number of methoxy groups -OCH3 is 1. The Morgan fingerprint density at radius 3 is 3.13 bits per heavy atom. The molecule has 1 aliphatic carbocycles. The monoisotopic (exact) mass is 340 g/mol. The Balaban J connectivity index is 1.51. The number of hydrogen-bond acceptors (Lipinski definition) is 6. The molecule has 1 aliphatic rings. The van der Waals surface area contributed by atoms with Gasteiger partial charge in [-0.15, -0.1) is 0 Å². The van der Waals surface area contributed by atoms with E-state index in [0.717, 1.165) is 30.6 Å². The summed E-state index contributed by atoms with van der Waals surface area (Å²) >= 11 is 5.88. The zero-order valence-electron chi connectivity index (χ0n) is 13.0. The highest BCUT2D eigenvalue weighted by Crippen LogP contribution is 2.28. The summed E-state index contributed by atoms with van der Waals surface area (Å²) < 4.78 is 11.9. The van der Waals surface area contributed by atoms with Crippen LogP contribution in [0.15, 0.2) is 23.2 Å². The lowest BCUT2D eigenvalue weighted by atomic mass is 10.1. The molecule has 0 radical (unpaired) electrons. The SMILES string of the molecule is COCc1nocc1CN[C@@H]1CC(Cn2cc(Cl)cn2)C[C@H]1O. The second kappa shape index (κ2) is 7.44. The van der Waals surface area contributed by atoms with Crippen molar-refractivity contribution in [1.82, 2.24) is 20.3 Å². The fraction of sp³-hybridized carbons (Fsp3) is 0.600. The molecule has 2 heterocycles. The molecule has 1 fully saturated rings. The lowest BCUT2D eigenvalue weighted by Crippen LogP contribution is -2.35. The molecular formula is C15H21ClN4O3. The van der Waals surface area contributed by atoms with Gasteiger partial charge in [0.2, 0.25) is 0 Å². The number of hydrogen-bond donors (Lipinski definition) is 2. The van der Waals surface area contributed by atoms with Crippen molar-refractivity contribution in [3.63, 3.8) is 0 Å². The van der Waals surface area contributed by atoms with E-state index in [9.17, 15) is 5.11 Å². The molecule has 0 aliphatic heterocycles. The molecule has 126 valence electrons. The van der Waals surface area contributed by atoms with Gasteiger partial charge in [0.15, 0.2) is 0 Å². The van der Waals surface area contributed by atoms with Crippen LogP contribution in [0, 0.1) is 5.92 Å². The normalized spacial score (nSPS) is 24.4. The number of aliphatic hydroxyl groups is 1. The Morgan fingerprint density at radius 2 is 2.39 bits per heavy atom. The van der Waals surface area contributed by atoms with Crippen LogP contribution in [-0.4, -0.2) is 39.3 Å². The first kappa shape index (κ1) is 16.4. The predicted octanol–water partition coefficient (Wildman–Crippen LogP) is 1.60. The molecular weight excluding hydrogens is 320 g/mol. The van der Waals surface area contributed by atoms with Gasteiger partial charge >= 0.3 is 0 Å². The molecule has 3 rings (SSSR count). The van der Waals surface area contributed by atoms with Crippen LogP contribution in [0.4, 0.5) is 0 Å². The second-order valence-corrected chi connectivity index (χ2v) is 6.43. The highest BCUT2D eigenvalue weighted by atomic mass is 35.5. The molecule has 7 nitrogen and oxygen atoms in total. The van der Waals surface area contributed by atoms with Crippen LogP contribution in [0.5, 0.6) is 0 Å². The Kier molecular flexibility index (Phi) is 5.32. The van der Waals surface area contributed by atoms with Gasteiger partial charge in [-0.05, 0) is 18.8 Å². The molecule has 0 aromatic carbocycles. The molecule has 3 atom stereocenters. The van der Waals surface area contributed by atoms with E-state index in [2.05, 4.69) is 15.6 Å². The van der Waals surface area contributed by atoms with Crippen LogP contribution in [0.25, 0.3) is 0 Å². The third-order valence-electron chi connectivity index (χ3n) is 4.24. The summed E-state index contributed by atoms with van der Waals surface area (Å²) in [5.74, 6) is 0.374. The van der Waals surface area contributed by atoms with Gasteiger partial charge in [-0.2, -0.15) is 5.10 Å². The first-order chi connectivity index (χ1) is 11.2. The van der Waals surface area contributed by atoms with Gasteiger partial charge in [-0.1, -0.05) is 16.8 Å². The minimum Gasteiger partial charge on any atom is -0.391 e. The molecule has 1 unspecified atom stereocenters. The molecule has 0 bridgehead atoms. The molecule has 2 N–H and O–H groups in total. The van der Waals surface area contributed by atoms with Crippen molar-refractivity contribution < 1.29 is 14.4 Å². The van der Waals surface area contributed by atoms with E-state index in [1.807, 2.05) is 10.9 Å². The highest BCUT2D eigenvalue weighted by molar-refractivity contribution is 6.30. The van der Waals surface area contributed by atoms with Crippen molar-refractivity contribution in [3.8, 4) is 0 Å². The van der Waals surface area contributed by atoms with Gasteiger partial charge in [0.1, 0.15) is 12.0 Å². The Hall–Kier alpha value is -1.41. The maximum Gasteiger partial charge on any atom is 0.128 e. The van der Waals surface area contributed by atoms with Gasteiger partial charge in [0, 0.05) is 38.0 Å². The number of nitrogens with one attached hydrogen (secondary N) is 1. The van der Waals surface area contributed by atoms with Crippen LogP contribution >= 0.6 is 11.6 Å². The van der Waals surface area contributed by atoms with E-state index in [1.54, 1.807) is 19.6 Å². The fourth-order valence-electron chi connectivity index (χ4n) is 3.11. The first-order valence-electron chi connectivity index (χ1n) is 7.66. The standard InChI is InChI=1S/C15H21ClN4O3/c1-22-9-14-11(8-23-19-14)4-17-13-2-10(3-15(13)21)6-20-7-12(16)5-18-20/h5,7-8,10,13,15,17,21H,2-4,6,9H2,1H3/t10?,13-,15-/m1/s1. The van der Waals surface area contributed by atoms with Crippen LogP contribution in [0.1, 0.15) is 24.1 Å². The van der Waals surface area contributed by atoms with E-state index in [-0.39, 0.29) is 12.1 Å². The maximum atomic E-state index is 10.3. The van der Waals surface area contributed by atoms with E-state index < -0.39 is 0 Å². The topological polar surface area (TPSA) is 85.3 Å². The van der Waals surface area contributed by atoms with Crippen LogP contribution in [-0.2, 0) is 24.4 Å². The Bertz CT molecular complexity index is 630. The summed E-state index contributed by atoms with van der Waals surface area (Å²) in [7, 11) is 1.62. The largest absolute Gasteiger partial charge is 0.391 e. The molecule has 1 saturated carbocycles. The van der Waals surface area contributed by atoms with E-state index >= 15 is 0 Å². The lowest BCUT2D eigenvalue weighted by molar-refractivity contribution is 0.145. The minimum absolute atomic E-state index is 0.0522. The Labute approximate surface area is 139 Å². The summed E-state index contributed by atoms with van der Waals surface area (Å²) in [6.07, 6.45) is 6.34. The van der Waals surface area contributed by atoms with Crippen molar-refractivity contribution in [3.05, 3.63) is 34.9 Å². The summed E-state index contributed by atoms with van der Waals surface area (Å²) in [5.41, 5.74) is 1.75. The molecule has 8 heteroatoms. The van der Waals surface area contributed by atoms with Crippen LogP contribution in [0.2, 0.25) is 5.02 Å². The van der Waals surface area contributed by atoms with Gasteiger partial charge < -0.3 is 19.7 Å². The fourth-order valence-corrected chi connectivity index (χ4v) is 3.27. The maximum absolute atomic E-state index is 10.3.